The van der Waals surface area contributed by atoms with Crippen LogP contribution >= 0.6 is 11.3 Å². The van der Waals surface area contributed by atoms with Crippen LogP contribution in [-0.4, -0.2) is 40.8 Å². The fourth-order valence-corrected chi connectivity index (χ4v) is 4.66. The Balaban J connectivity index is 1.26. The van der Waals surface area contributed by atoms with E-state index in [0.717, 1.165) is 34.0 Å². The first-order chi connectivity index (χ1) is 15.0. The van der Waals surface area contributed by atoms with Gasteiger partial charge in [-0.2, -0.15) is 5.10 Å². The molecule has 0 saturated heterocycles. The third-order valence-electron chi connectivity index (χ3n) is 5.72. The number of amides is 1. The van der Waals surface area contributed by atoms with Crippen molar-refractivity contribution >= 4 is 28.3 Å². The number of carbonyl (C=O) groups is 1. The topological polar surface area (TPSA) is 99.6 Å². The highest BCUT2D eigenvalue weighted by atomic mass is 32.1. The van der Waals surface area contributed by atoms with Crippen LogP contribution in [0, 0.1) is 6.92 Å². The third kappa shape index (κ3) is 3.78. The number of aromatic nitrogens is 6. The molecule has 4 aromatic rings. The summed E-state index contributed by atoms with van der Waals surface area (Å²) in [5, 5.41) is 10.6. The fourth-order valence-electron chi connectivity index (χ4n) is 4.06. The molecule has 0 radical (unpaired) electrons. The maximum absolute atomic E-state index is 12.8. The Morgan fingerprint density at radius 3 is 3.00 bits per heavy atom. The summed E-state index contributed by atoms with van der Waals surface area (Å²) in [4.78, 5) is 34.3. The molecule has 160 valence electrons. The van der Waals surface area contributed by atoms with Crippen LogP contribution in [0.4, 0.5) is 0 Å². The van der Waals surface area contributed by atoms with Gasteiger partial charge in [0.1, 0.15) is 5.82 Å². The van der Waals surface area contributed by atoms with Gasteiger partial charge in [0.15, 0.2) is 0 Å². The van der Waals surface area contributed by atoms with Crippen LogP contribution < -0.4 is 11.0 Å². The molecule has 1 aliphatic heterocycles. The SMILES string of the molecule is Cc1nc(Cn2nc3n(c2=O)CCC(NC(=O)c2ccc4c(c2)ncn4C)CC3)cs1. The van der Waals surface area contributed by atoms with Gasteiger partial charge in [0.05, 0.1) is 34.6 Å². The normalized spacial score (nSPS) is 16.3. The Morgan fingerprint density at radius 1 is 1.32 bits per heavy atom. The van der Waals surface area contributed by atoms with E-state index in [1.807, 2.05) is 42.1 Å². The van der Waals surface area contributed by atoms with Gasteiger partial charge in [0, 0.05) is 37.0 Å². The van der Waals surface area contributed by atoms with Crippen LogP contribution in [0.2, 0.25) is 0 Å². The number of nitrogens with zero attached hydrogens (tertiary/aromatic N) is 6. The van der Waals surface area contributed by atoms with E-state index in [1.54, 1.807) is 22.2 Å². The number of hydrogen-bond donors (Lipinski definition) is 1. The molecular weight excluding hydrogens is 414 g/mol. The highest BCUT2D eigenvalue weighted by molar-refractivity contribution is 7.09. The van der Waals surface area contributed by atoms with Crippen molar-refractivity contribution in [2.75, 3.05) is 0 Å². The summed E-state index contributed by atoms with van der Waals surface area (Å²) >= 11 is 1.57. The Morgan fingerprint density at radius 2 is 2.19 bits per heavy atom. The van der Waals surface area contributed by atoms with E-state index in [2.05, 4.69) is 20.4 Å². The zero-order chi connectivity index (χ0) is 21.5. The molecule has 1 aromatic carbocycles. The van der Waals surface area contributed by atoms with E-state index in [0.29, 0.717) is 31.5 Å². The quantitative estimate of drug-likeness (QED) is 0.526. The van der Waals surface area contributed by atoms with E-state index < -0.39 is 0 Å². The first-order valence-electron chi connectivity index (χ1n) is 10.3. The molecule has 1 aliphatic rings. The number of thiazole rings is 1. The van der Waals surface area contributed by atoms with Crippen LogP contribution in [0.15, 0.2) is 34.7 Å². The Bertz CT molecular complexity index is 1330. The third-order valence-corrected chi connectivity index (χ3v) is 6.54. The van der Waals surface area contributed by atoms with Gasteiger partial charge in [-0.25, -0.2) is 19.4 Å². The first-order valence-corrected chi connectivity index (χ1v) is 11.2. The van der Waals surface area contributed by atoms with Gasteiger partial charge < -0.3 is 9.88 Å². The van der Waals surface area contributed by atoms with E-state index in [-0.39, 0.29) is 17.6 Å². The monoisotopic (exact) mass is 437 g/mol. The van der Waals surface area contributed by atoms with E-state index in [1.165, 1.54) is 4.68 Å². The van der Waals surface area contributed by atoms with E-state index >= 15 is 0 Å². The Kier molecular flexibility index (Phi) is 4.93. The number of hydrogen-bond acceptors (Lipinski definition) is 6. The number of nitrogens with one attached hydrogen (secondary N) is 1. The molecule has 9 nitrogen and oxygen atoms in total. The lowest BCUT2D eigenvalue weighted by Crippen LogP contribution is -2.35. The van der Waals surface area contributed by atoms with Gasteiger partial charge >= 0.3 is 5.69 Å². The maximum atomic E-state index is 12.8. The summed E-state index contributed by atoms with van der Waals surface area (Å²) in [6.45, 7) is 2.87. The standard InChI is InChI=1S/C21H23N7O2S/c1-13-23-16(11-31-13)10-28-21(30)27-8-7-15(4-6-19(27)25-28)24-20(29)14-3-5-18-17(9-14)22-12-26(18)2/h3,5,9,11-12,15H,4,6-8,10H2,1-2H3,(H,24,29). The summed E-state index contributed by atoms with van der Waals surface area (Å²) in [5.74, 6) is 0.650. The lowest BCUT2D eigenvalue weighted by molar-refractivity contribution is 0.0933. The highest BCUT2D eigenvalue weighted by Gasteiger charge is 2.23. The average Bonchev–Trinajstić information content (AvgIpc) is 3.38. The zero-order valence-electron chi connectivity index (χ0n) is 17.4. The van der Waals surface area contributed by atoms with Crippen molar-refractivity contribution in [1.82, 2.24) is 34.2 Å². The molecule has 0 aliphatic carbocycles. The molecule has 1 atom stereocenters. The molecule has 0 spiro atoms. The molecule has 5 rings (SSSR count). The van der Waals surface area contributed by atoms with Crippen molar-refractivity contribution in [2.24, 2.45) is 7.05 Å². The number of imidazole rings is 1. The summed E-state index contributed by atoms with van der Waals surface area (Å²) in [6.07, 6.45) is 3.81. The number of aryl methyl sites for hydroxylation is 3. The molecule has 1 N–H and O–H groups in total. The van der Waals surface area contributed by atoms with Crippen LogP contribution in [-0.2, 0) is 26.6 Å². The molecule has 31 heavy (non-hydrogen) atoms. The van der Waals surface area contributed by atoms with Gasteiger partial charge in [-0.3, -0.25) is 9.36 Å². The summed E-state index contributed by atoms with van der Waals surface area (Å²) in [6, 6.07) is 5.53. The van der Waals surface area contributed by atoms with Crippen LogP contribution in [0.5, 0.6) is 0 Å². The lowest BCUT2D eigenvalue weighted by Gasteiger charge is -2.16. The number of rotatable bonds is 4. The minimum atomic E-state index is -0.117. The number of benzene rings is 1. The molecule has 0 fully saturated rings. The molecule has 0 saturated carbocycles. The summed E-state index contributed by atoms with van der Waals surface area (Å²) in [5.41, 5.74) is 3.11. The van der Waals surface area contributed by atoms with Crippen LogP contribution in [0.3, 0.4) is 0 Å². The van der Waals surface area contributed by atoms with Gasteiger partial charge in [0.25, 0.3) is 5.91 Å². The second kappa shape index (κ2) is 7.77. The lowest BCUT2D eigenvalue weighted by atomic mass is 10.1. The predicted molar refractivity (Wildman–Crippen MR) is 117 cm³/mol. The minimum absolute atomic E-state index is 0.0114. The second-order valence-electron chi connectivity index (χ2n) is 7.92. The number of fused-ring (bicyclic) bond motifs is 2. The predicted octanol–water partition coefficient (Wildman–Crippen LogP) is 1.88. The Hall–Kier alpha value is -3.27. The molecule has 1 unspecified atom stereocenters. The minimum Gasteiger partial charge on any atom is -0.349 e. The smallest absolute Gasteiger partial charge is 0.346 e. The van der Waals surface area contributed by atoms with Gasteiger partial charge in [-0.05, 0) is 38.0 Å². The fraction of sp³-hybridized carbons (Fsp3) is 0.381. The van der Waals surface area contributed by atoms with Crippen molar-refractivity contribution < 1.29 is 4.79 Å². The van der Waals surface area contributed by atoms with Gasteiger partial charge in [-0.1, -0.05) is 0 Å². The zero-order valence-corrected chi connectivity index (χ0v) is 18.2. The molecule has 0 bridgehead atoms. The molecule has 10 heteroatoms. The van der Waals surface area contributed by atoms with Crippen molar-refractivity contribution in [3.8, 4) is 0 Å². The summed E-state index contributed by atoms with van der Waals surface area (Å²) in [7, 11) is 1.93. The summed E-state index contributed by atoms with van der Waals surface area (Å²) < 4.78 is 5.14. The number of carbonyl (C=O) groups excluding carboxylic acids is 1. The van der Waals surface area contributed by atoms with E-state index in [4.69, 9.17) is 0 Å². The molecule has 1 amide bonds. The van der Waals surface area contributed by atoms with Crippen molar-refractivity contribution in [3.63, 3.8) is 0 Å². The van der Waals surface area contributed by atoms with Gasteiger partial charge in [-0.15, -0.1) is 11.3 Å². The maximum Gasteiger partial charge on any atom is 0.346 e. The molecular formula is C21H23N7O2S. The first kappa shape index (κ1) is 19.7. The average molecular weight is 438 g/mol. The van der Waals surface area contributed by atoms with Crippen molar-refractivity contribution in [2.45, 2.75) is 45.3 Å². The van der Waals surface area contributed by atoms with Crippen molar-refractivity contribution in [3.05, 3.63) is 62.5 Å². The largest absolute Gasteiger partial charge is 0.349 e. The molecule has 4 heterocycles. The van der Waals surface area contributed by atoms with Gasteiger partial charge in [0.2, 0.25) is 0 Å². The second-order valence-corrected chi connectivity index (χ2v) is 8.98. The van der Waals surface area contributed by atoms with E-state index in [9.17, 15) is 9.59 Å². The highest BCUT2D eigenvalue weighted by Crippen LogP contribution is 2.16. The van der Waals surface area contributed by atoms with Crippen LogP contribution in [0.25, 0.3) is 11.0 Å². The van der Waals surface area contributed by atoms with Crippen molar-refractivity contribution in [1.29, 1.82) is 0 Å². The van der Waals surface area contributed by atoms with Crippen LogP contribution in [0.1, 0.15) is 39.7 Å². The Labute approximate surface area is 182 Å². The molecule has 3 aromatic heterocycles.